The van der Waals surface area contributed by atoms with Gasteiger partial charge >= 0.3 is 0 Å². The number of aryl methyl sites for hydroxylation is 1. The van der Waals surface area contributed by atoms with Crippen LogP contribution in [-0.4, -0.2) is 37.3 Å². The highest BCUT2D eigenvalue weighted by molar-refractivity contribution is 7.89. The first-order valence-corrected chi connectivity index (χ1v) is 12.4. The Balaban J connectivity index is 1.62. The van der Waals surface area contributed by atoms with Gasteiger partial charge in [0.1, 0.15) is 11.6 Å². The molecule has 1 unspecified atom stereocenters. The Kier molecular flexibility index (Phi) is 6.67. The second-order valence-corrected chi connectivity index (χ2v) is 10.2. The number of hydrazone groups is 1. The summed E-state index contributed by atoms with van der Waals surface area (Å²) in [4.78, 5) is 4.07. The minimum Gasteiger partial charge on any atom is -0.497 e. The second-order valence-electron chi connectivity index (χ2n) is 7.63. The molecule has 0 saturated carbocycles. The smallest absolute Gasteiger partial charge is 0.258 e. The van der Waals surface area contributed by atoms with Crippen molar-refractivity contribution in [3.8, 4) is 5.75 Å². The molecule has 0 fully saturated rings. The zero-order valence-corrected chi connectivity index (χ0v) is 20.6. The molecular formula is C22H23Cl2N5O3S. The standard InChI is InChI=1S/C22H23Cl2N5O3S/c1-14-25-13-22(28(14)2)33(30,31)26-12-17-11-21(15-4-7-18(32-3)8-5-15)29(27-17)20-9-6-16(23)10-19(20)24/h4-10,13,21,26H,11-12H2,1-3H3. The fourth-order valence-corrected chi connectivity index (χ4v) is 5.32. The molecule has 1 N–H and O–H groups in total. The van der Waals surface area contributed by atoms with Gasteiger partial charge in [-0.2, -0.15) is 5.10 Å². The van der Waals surface area contributed by atoms with E-state index < -0.39 is 10.0 Å². The maximum absolute atomic E-state index is 12.8. The van der Waals surface area contributed by atoms with E-state index in [1.54, 1.807) is 44.3 Å². The molecule has 33 heavy (non-hydrogen) atoms. The van der Waals surface area contributed by atoms with E-state index in [-0.39, 0.29) is 17.6 Å². The number of aromatic nitrogens is 2. The Morgan fingerprint density at radius 3 is 2.52 bits per heavy atom. The van der Waals surface area contributed by atoms with Gasteiger partial charge in [0.15, 0.2) is 5.03 Å². The maximum Gasteiger partial charge on any atom is 0.258 e. The summed E-state index contributed by atoms with van der Waals surface area (Å²) in [5.41, 5.74) is 2.34. The van der Waals surface area contributed by atoms with Crippen molar-refractivity contribution in [2.75, 3.05) is 18.7 Å². The van der Waals surface area contributed by atoms with Crippen LogP contribution in [0.25, 0.3) is 0 Å². The molecule has 1 atom stereocenters. The van der Waals surface area contributed by atoms with Crippen molar-refractivity contribution in [1.82, 2.24) is 14.3 Å². The van der Waals surface area contributed by atoms with E-state index >= 15 is 0 Å². The number of nitrogens with zero attached hydrogens (tertiary/aromatic N) is 4. The highest BCUT2D eigenvalue weighted by Gasteiger charge is 2.31. The fourth-order valence-electron chi connectivity index (χ4n) is 3.64. The van der Waals surface area contributed by atoms with Crippen molar-refractivity contribution in [1.29, 1.82) is 0 Å². The number of sulfonamides is 1. The average Bonchev–Trinajstić information content (AvgIpc) is 3.36. The van der Waals surface area contributed by atoms with Crippen LogP contribution in [0.15, 0.2) is 58.8 Å². The van der Waals surface area contributed by atoms with Crippen LogP contribution in [0.3, 0.4) is 0 Å². The topological polar surface area (TPSA) is 88.8 Å². The molecule has 0 spiro atoms. The number of methoxy groups -OCH3 is 1. The molecule has 1 aliphatic rings. The molecule has 1 aromatic heterocycles. The lowest BCUT2D eigenvalue weighted by molar-refractivity contribution is 0.414. The first-order valence-electron chi connectivity index (χ1n) is 10.1. The van der Waals surface area contributed by atoms with Gasteiger partial charge in [0, 0.05) is 18.5 Å². The zero-order valence-electron chi connectivity index (χ0n) is 18.3. The highest BCUT2D eigenvalue weighted by atomic mass is 35.5. The number of anilines is 1. The first-order chi connectivity index (χ1) is 15.7. The van der Waals surface area contributed by atoms with E-state index in [9.17, 15) is 8.42 Å². The SMILES string of the molecule is COc1ccc(C2CC(CNS(=O)(=O)c3cnc(C)n3C)=NN2c2ccc(Cl)cc2Cl)cc1. The Labute approximate surface area is 202 Å². The monoisotopic (exact) mass is 507 g/mol. The van der Waals surface area contributed by atoms with Crippen LogP contribution < -0.4 is 14.5 Å². The lowest BCUT2D eigenvalue weighted by Crippen LogP contribution is -2.30. The fraction of sp³-hybridized carbons (Fsp3) is 0.273. The number of hydrogen-bond acceptors (Lipinski definition) is 6. The van der Waals surface area contributed by atoms with Gasteiger partial charge < -0.3 is 9.30 Å². The largest absolute Gasteiger partial charge is 0.497 e. The third-order valence-electron chi connectivity index (χ3n) is 5.55. The van der Waals surface area contributed by atoms with Gasteiger partial charge in [-0.15, -0.1) is 0 Å². The third kappa shape index (κ3) is 4.86. The minimum absolute atomic E-state index is 0.0565. The van der Waals surface area contributed by atoms with Crippen molar-refractivity contribution in [2.45, 2.75) is 24.4 Å². The van der Waals surface area contributed by atoms with Gasteiger partial charge in [0.05, 0.1) is 42.3 Å². The molecule has 2 aromatic carbocycles. The second kappa shape index (κ2) is 9.34. The Hall–Kier alpha value is -2.59. The number of ether oxygens (including phenoxy) is 1. The summed E-state index contributed by atoms with van der Waals surface area (Å²) in [6, 6.07) is 12.7. The van der Waals surface area contributed by atoms with Crippen molar-refractivity contribution in [3.05, 3.63) is 70.1 Å². The van der Waals surface area contributed by atoms with E-state index in [1.807, 2.05) is 24.3 Å². The molecule has 3 aromatic rings. The quantitative estimate of drug-likeness (QED) is 0.513. The minimum atomic E-state index is -3.75. The van der Waals surface area contributed by atoms with Crippen molar-refractivity contribution in [3.63, 3.8) is 0 Å². The summed E-state index contributed by atoms with van der Waals surface area (Å²) in [5.74, 6) is 1.35. The number of nitrogens with one attached hydrogen (secondary N) is 1. The van der Waals surface area contributed by atoms with Crippen LogP contribution in [0, 0.1) is 6.92 Å². The normalized spacial score (nSPS) is 16.2. The highest BCUT2D eigenvalue weighted by Crippen LogP contribution is 2.39. The lowest BCUT2D eigenvalue weighted by Gasteiger charge is -2.25. The summed E-state index contributed by atoms with van der Waals surface area (Å²) < 4.78 is 35.0. The van der Waals surface area contributed by atoms with Gasteiger partial charge in [-0.1, -0.05) is 35.3 Å². The zero-order chi connectivity index (χ0) is 23.8. The van der Waals surface area contributed by atoms with Gasteiger partial charge in [-0.05, 0) is 42.8 Å². The molecule has 174 valence electrons. The predicted molar refractivity (Wildman–Crippen MR) is 130 cm³/mol. The summed E-state index contributed by atoms with van der Waals surface area (Å²) in [7, 11) is -0.480. The molecule has 0 aliphatic carbocycles. The van der Waals surface area contributed by atoms with Crippen LogP contribution in [0.5, 0.6) is 5.75 Å². The van der Waals surface area contributed by atoms with Crippen molar-refractivity contribution < 1.29 is 13.2 Å². The van der Waals surface area contributed by atoms with E-state index in [2.05, 4.69) is 9.71 Å². The van der Waals surface area contributed by atoms with Gasteiger partial charge in [-0.3, -0.25) is 5.01 Å². The Morgan fingerprint density at radius 1 is 1.18 bits per heavy atom. The predicted octanol–water partition coefficient (Wildman–Crippen LogP) is 4.33. The van der Waals surface area contributed by atoms with E-state index in [0.29, 0.717) is 33.7 Å². The molecule has 0 radical (unpaired) electrons. The Morgan fingerprint density at radius 2 is 1.91 bits per heavy atom. The third-order valence-corrected chi connectivity index (χ3v) is 7.54. The maximum atomic E-state index is 12.8. The van der Waals surface area contributed by atoms with Crippen LogP contribution >= 0.6 is 23.2 Å². The summed E-state index contributed by atoms with van der Waals surface area (Å²) in [6.07, 6.45) is 1.85. The van der Waals surface area contributed by atoms with Gasteiger partial charge in [0.2, 0.25) is 0 Å². The molecule has 1 aliphatic heterocycles. The average molecular weight is 508 g/mol. The number of halogens is 2. The van der Waals surface area contributed by atoms with Crippen LogP contribution in [-0.2, 0) is 17.1 Å². The molecule has 11 heteroatoms. The van der Waals surface area contributed by atoms with Gasteiger partial charge in [0.25, 0.3) is 10.0 Å². The summed E-state index contributed by atoms with van der Waals surface area (Å²) >= 11 is 12.5. The first kappa shape index (κ1) is 23.6. The number of rotatable bonds is 7. The van der Waals surface area contributed by atoms with Gasteiger partial charge in [-0.25, -0.2) is 18.1 Å². The number of benzene rings is 2. The molecule has 4 rings (SSSR count). The van der Waals surface area contributed by atoms with Crippen LogP contribution in [0.2, 0.25) is 10.0 Å². The Bertz CT molecular complexity index is 1310. The summed E-state index contributed by atoms with van der Waals surface area (Å²) in [6.45, 7) is 1.80. The molecule has 2 heterocycles. The number of imidazole rings is 1. The molecule has 8 nitrogen and oxygen atoms in total. The molecular weight excluding hydrogens is 485 g/mol. The number of hydrogen-bond donors (Lipinski definition) is 1. The van der Waals surface area contributed by atoms with E-state index in [4.69, 9.17) is 33.0 Å². The van der Waals surface area contributed by atoms with Crippen LogP contribution in [0.4, 0.5) is 5.69 Å². The van der Waals surface area contributed by atoms with E-state index in [0.717, 1.165) is 11.3 Å². The molecule has 0 amide bonds. The van der Waals surface area contributed by atoms with Crippen molar-refractivity contribution >= 4 is 44.6 Å². The van der Waals surface area contributed by atoms with Crippen molar-refractivity contribution in [2.24, 2.45) is 12.1 Å². The summed E-state index contributed by atoms with van der Waals surface area (Å²) in [5, 5.41) is 7.60. The van der Waals surface area contributed by atoms with Crippen LogP contribution in [0.1, 0.15) is 23.9 Å². The van der Waals surface area contributed by atoms with E-state index in [1.165, 1.54) is 10.8 Å². The lowest BCUT2D eigenvalue weighted by atomic mass is 10.0. The molecule has 0 bridgehead atoms. The molecule has 0 saturated heterocycles.